The summed E-state index contributed by atoms with van der Waals surface area (Å²) in [7, 11) is -3.46. The van der Waals surface area contributed by atoms with Gasteiger partial charge in [-0.2, -0.15) is 18.2 Å². The first kappa shape index (κ1) is 18.6. The smallest absolute Gasteiger partial charge is 0.290 e. The van der Waals surface area contributed by atoms with Crippen molar-refractivity contribution < 1.29 is 17.3 Å². The minimum absolute atomic E-state index is 0.117. The molecule has 10 heteroatoms. The zero-order chi connectivity index (χ0) is 18.0. The Hall–Kier alpha value is -1.16. The molecular formula is C15H22ClN3O5S. The number of hydrogen-bond donors (Lipinski definition) is 0. The second-order valence-corrected chi connectivity index (χ2v) is 8.38. The summed E-state index contributed by atoms with van der Waals surface area (Å²) in [6.45, 7) is 1.71. The van der Waals surface area contributed by atoms with Crippen LogP contribution in [-0.2, 0) is 19.0 Å². The van der Waals surface area contributed by atoms with Crippen LogP contribution in [0.5, 0.6) is 0 Å². The lowest BCUT2D eigenvalue weighted by molar-refractivity contribution is -0.0424. The topological polar surface area (TPSA) is 90.7 Å². The molecule has 2 aliphatic heterocycles. The van der Waals surface area contributed by atoms with Crippen LogP contribution in [0.3, 0.4) is 0 Å². The lowest BCUT2D eigenvalue weighted by Gasteiger charge is -2.33. The third kappa shape index (κ3) is 4.52. The molecule has 1 aromatic heterocycles. The van der Waals surface area contributed by atoms with Crippen molar-refractivity contribution >= 4 is 27.4 Å². The Bertz CT molecular complexity index is 768. The van der Waals surface area contributed by atoms with Crippen molar-refractivity contribution in [1.82, 2.24) is 9.78 Å². The quantitative estimate of drug-likeness (QED) is 0.719. The fourth-order valence-corrected chi connectivity index (χ4v) is 4.16. The molecule has 0 bridgehead atoms. The predicted octanol–water partition coefficient (Wildman–Crippen LogP) is 1.54. The van der Waals surface area contributed by atoms with Gasteiger partial charge in [0.05, 0.1) is 24.2 Å². The lowest BCUT2D eigenvalue weighted by Crippen LogP contribution is -2.39. The molecule has 3 rings (SSSR count). The molecule has 0 amide bonds. The molecule has 1 unspecified atom stereocenters. The monoisotopic (exact) mass is 391 g/mol. The third-order valence-corrected chi connectivity index (χ3v) is 5.42. The minimum atomic E-state index is -3.46. The molecular weight excluding hydrogens is 370 g/mol. The predicted molar refractivity (Wildman–Crippen MR) is 93.5 cm³/mol. The molecule has 8 nitrogen and oxygen atoms in total. The molecule has 25 heavy (non-hydrogen) atoms. The fraction of sp³-hybridized carbons (Fsp3) is 0.733. The minimum Gasteiger partial charge on any atom is -0.369 e. The molecule has 140 valence electrons. The highest BCUT2D eigenvalue weighted by molar-refractivity contribution is 7.86. The molecule has 2 saturated heterocycles. The average Bonchev–Trinajstić information content (AvgIpc) is 2.58. The molecule has 2 aliphatic rings. The van der Waals surface area contributed by atoms with E-state index in [0.29, 0.717) is 38.2 Å². The van der Waals surface area contributed by atoms with Crippen LogP contribution in [0.15, 0.2) is 11.0 Å². The van der Waals surface area contributed by atoms with E-state index < -0.39 is 10.1 Å². The van der Waals surface area contributed by atoms with E-state index in [1.165, 1.54) is 4.68 Å². The first-order valence-corrected chi connectivity index (χ1v) is 10.6. The van der Waals surface area contributed by atoms with Crippen molar-refractivity contribution in [3.05, 3.63) is 21.6 Å². The fourth-order valence-electron chi connectivity index (χ4n) is 3.22. The number of aromatic nitrogens is 2. The molecule has 0 spiro atoms. The number of piperidine rings is 1. The first-order chi connectivity index (χ1) is 11.8. The Labute approximate surface area is 151 Å². The second-order valence-electron chi connectivity index (χ2n) is 6.40. The Morgan fingerprint density at radius 1 is 1.28 bits per heavy atom. The highest BCUT2D eigenvalue weighted by atomic mass is 35.5. The number of anilines is 1. The summed E-state index contributed by atoms with van der Waals surface area (Å²) in [5.41, 5.74) is 0.206. The second kappa shape index (κ2) is 7.61. The van der Waals surface area contributed by atoms with Crippen LogP contribution in [0, 0.1) is 0 Å². The van der Waals surface area contributed by atoms with Gasteiger partial charge < -0.3 is 9.64 Å². The van der Waals surface area contributed by atoms with Gasteiger partial charge in [0.25, 0.3) is 15.7 Å². The number of nitrogens with zero attached hydrogens (tertiary/aromatic N) is 3. The van der Waals surface area contributed by atoms with E-state index in [-0.39, 0.29) is 22.9 Å². The van der Waals surface area contributed by atoms with Gasteiger partial charge >= 0.3 is 0 Å². The lowest BCUT2D eigenvalue weighted by atomic mass is 10.1. The van der Waals surface area contributed by atoms with Crippen molar-refractivity contribution in [2.24, 2.45) is 0 Å². The molecule has 0 saturated carbocycles. The van der Waals surface area contributed by atoms with Gasteiger partial charge in [0.1, 0.15) is 5.02 Å². The summed E-state index contributed by atoms with van der Waals surface area (Å²) in [6.07, 6.45) is 5.74. The van der Waals surface area contributed by atoms with Crippen LogP contribution >= 0.6 is 11.6 Å². The van der Waals surface area contributed by atoms with E-state index in [2.05, 4.69) is 5.10 Å². The van der Waals surface area contributed by atoms with Crippen LogP contribution in [0.2, 0.25) is 5.02 Å². The van der Waals surface area contributed by atoms with E-state index in [9.17, 15) is 13.2 Å². The average molecular weight is 392 g/mol. The molecule has 0 aromatic carbocycles. The van der Waals surface area contributed by atoms with E-state index in [4.69, 9.17) is 20.5 Å². The molecule has 0 radical (unpaired) electrons. The van der Waals surface area contributed by atoms with Gasteiger partial charge in [0.2, 0.25) is 0 Å². The van der Waals surface area contributed by atoms with Gasteiger partial charge in [-0.05, 0) is 32.1 Å². The number of rotatable bonds is 4. The Morgan fingerprint density at radius 3 is 2.60 bits per heavy atom. The summed E-state index contributed by atoms with van der Waals surface area (Å²) in [4.78, 5) is 14.5. The Kier molecular flexibility index (Phi) is 5.67. The molecule has 0 aliphatic carbocycles. The van der Waals surface area contributed by atoms with Gasteiger partial charge in [-0.25, -0.2) is 0 Å². The zero-order valence-corrected chi connectivity index (χ0v) is 15.6. The van der Waals surface area contributed by atoms with Crippen molar-refractivity contribution in [2.45, 2.75) is 44.4 Å². The maximum Gasteiger partial charge on any atom is 0.290 e. The molecule has 2 fully saturated rings. The van der Waals surface area contributed by atoms with Crippen LogP contribution < -0.4 is 10.5 Å². The van der Waals surface area contributed by atoms with Crippen LogP contribution in [0.1, 0.15) is 38.3 Å². The Morgan fingerprint density at radius 2 is 2.00 bits per heavy atom. The van der Waals surface area contributed by atoms with Gasteiger partial charge in [0, 0.05) is 19.7 Å². The Balaban J connectivity index is 1.71. The summed E-state index contributed by atoms with van der Waals surface area (Å²) < 4.78 is 34.4. The molecule has 1 aromatic rings. The summed E-state index contributed by atoms with van der Waals surface area (Å²) in [6, 6.07) is 0. The normalized spacial score (nSPS) is 23.0. The highest BCUT2D eigenvalue weighted by Crippen LogP contribution is 2.27. The van der Waals surface area contributed by atoms with E-state index in [0.717, 1.165) is 25.5 Å². The highest BCUT2D eigenvalue weighted by Gasteiger charge is 2.26. The van der Waals surface area contributed by atoms with E-state index in [1.54, 1.807) is 6.20 Å². The van der Waals surface area contributed by atoms with Gasteiger partial charge in [-0.1, -0.05) is 11.6 Å². The summed E-state index contributed by atoms with van der Waals surface area (Å²) in [5, 5.41) is 4.36. The summed E-state index contributed by atoms with van der Waals surface area (Å²) >= 11 is 6.30. The van der Waals surface area contributed by atoms with Gasteiger partial charge in [-0.15, -0.1) is 0 Å². The molecule has 0 N–H and O–H groups in total. The van der Waals surface area contributed by atoms with Gasteiger partial charge in [-0.3, -0.25) is 8.98 Å². The zero-order valence-electron chi connectivity index (χ0n) is 14.1. The van der Waals surface area contributed by atoms with Crippen molar-refractivity contribution in [3.8, 4) is 0 Å². The number of halogens is 1. The number of ether oxygens (including phenoxy) is 1. The van der Waals surface area contributed by atoms with Crippen molar-refractivity contribution in [1.29, 1.82) is 0 Å². The standard InChI is InChI=1S/C15H22ClN3O5S/c1-25(21,22)24-11-5-7-18(8-6-11)12-10-17-19(15(20)14(12)16)13-4-2-3-9-23-13/h10-11,13H,2-9H2,1H3. The van der Waals surface area contributed by atoms with Crippen LogP contribution in [0.25, 0.3) is 0 Å². The van der Waals surface area contributed by atoms with E-state index >= 15 is 0 Å². The maximum atomic E-state index is 12.5. The largest absolute Gasteiger partial charge is 0.369 e. The maximum absolute atomic E-state index is 12.5. The molecule has 1 atom stereocenters. The number of hydrogen-bond acceptors (Lipinski definition) is 7. The van der Waals surface area contributed by atoms with E-state index in [1.807, 2.05) is 4.90 Å². The summed E-state index contributed by atoms with van der Waals surface area (Å²) in [5.74, 6) is 0. The first-order valence-electron chi connectivity index (χ1n) is 8.37. The SMILES string of the molecule is CS(=O)(=O)OC1CCN(c2cnn(C3CCCCO3)c(=O)c2Cl)CC1. The van der Waals surface area contributed by atoms with Crippen molar-refractivity contribution in [2.75, 3.05) is 30.9 Å². The molecule has 3 heterocycles. The third-order valence-electron chi connectivity index (χ3n) is 4.45. The van der Waals surface area contributed by atoms with Crippen molar-refractivity contribution in [3.63, 3.8) is 0 Å². The van der Waals surface area contributed by atoms with Gasteiger partial charge in [0.15, 0.2) is 6.23 Å². The van der Waals surface area contributed by atoms with Crippen LogP contribution in [0.4, 0.5) is 5.69 Å². The van der Waals surface area contributed by atoms with Crippen LogP contribution in [-0.4, -0.2) is 50.3 Å².